The third-order valence-corrected chi connectivity index (χ3v) is 1.46. The summed E-state index contributed by atoms with van der Waals surface area (Å²) in [5.74, 6) is 0. The van der Waals surface area contributed by atoms with Crippen LogP contribution in [0.5, 0.6) is 0 Å². The van der Waals surface area contributed by atoms with Crippen molar-refractivity contribution >= 4 is 9.05 Å². The predicted molar refractivity (Wildman–Crippen MR) is 50.2 cm³/mol. The van der Waals surface area contributed by atoms with Crippen molar-refractivity contribution in [1.82, 2.24) is 0 Å². The van der Waals surface area contributed by atoms with E-state index >= 15 is 0 Å². The summed E-state index contributed by atoms with van der Waals surface area (Å²) in [5.41, 5.74) is -0.880. The quantitative estimate of drug-likeness (QED) is 0.242. The van der Waals surface area contributed by atoms with Gasteiger partial charge in [0.2, 0.25) is 0 Å². The van der Waals surface area contributed by atoms with Gasteiger partial charge in [-0.1, -0.05) is 0 Å². The van der Waals surface area contributed by atoms with Crippen LogP contribution < -0.4 is 0 Å². The highest BCUT2D eigenvalue weighted by Gasteiger charge is 2.27. The standard InChI is InChI=1S/C6H14O4.H4O4Si/c1-10-5-6(2-7,3-8)4-9;1-5(2,3)4/h7-9H,2-5H2,1H3;1-4H. The monoisotopic (exact) mass is 246 g/mol. The lowest BCUT2D eigenvalue weighted by Crippen LogP contribution is -2.38. The number of aliphatic hydroxyl groups is 3. The highest BCUT2D eigenvalue weighted by Crippen LogP contribution is 2.13. The van der Waals surface area contributed by atoms with Crippen molar-refractivity contribution in [3.05, 3.63) is 0 Å². The molecule has 0 aliphatic rings. The van der Waals surface area contributed by atoms with Crippen LogP contribution in [-0.4, -0.2) is 77.1 Å². The molecule has 7 N–H and O–H groups in total. The molecule has 0 aliphatic heterocycles. The number of rotatable bonds is 5. The molecular formula is C6H18O8Si. The molecule has 0 aromatic heterocycles. The topological polar surface area (TPSA) is 151 Å². The van der Waals surface area contributed by atoms with Crippen LogP contribution in [0.1, 0.15) is 0 Å². The Bertz CT molecular complexity index is 128. The number of hydrogen-bond donors (Lipinski definition) is 7. The van der Waals surface area contributed by atoms with Gasteiger partial charge in [-0.25, -0.2) is 0 Å². The van der Waals surface area contributed by atoms with Gasteiger partial charge in [0, 0.05) is 7.11 Å². The summed E-state index contributed by atoms with van der Waals surface area (Å²) in [6, 6.07) is 0. The Kier molecular flexibility index (Phi) is 9.34. The molecule has 9 heteroatoms. The molecule has 0 fully saturated rings. The zero-order chi connectivity index (χ0) is 12.5. The average molecular weight is 246 g/mol. The van der Waals surface area contributed by atoms with Gasteiger partial charge in [0.25, 0.3) is 0 Å². The smallest absolute Gasteiger partial charge is 0.396 e. The van der Waals surface area contributed by atoms with Crippen molar-refractivity contribution < 1.29 is 39.2 Å². The zero-order valence-corrected chi connectivity index (χ0v) is 9.37. The molecule has 0 heterocycles. The van der Waals surface area contributed by atoms with Crippen molar-refractivity contribution in [3.8, 4) is 0 Å². The largest absolute Gasteiger partial charge is 0.668 e. The molecule has 0 aliphatic carbocycles. The fourth-order valence-corrected chi connectivity index (χ4v) is 0.593. The highest BCUT2D eigenvalue weighted by atomic mass is 28.4. The van der Waals surface area contributed by atoms with Crippen LogP contribution in [0.2, 0.25) is 0 Å². The average Bonchev–Trinajstić information content (AvgIpc) is 2.12. The molecule has 94 valence electrons. The van der Waals surface area contributed by atoms with E-state index < -0.39 is 14.5 Å². The zero-order valence-electron chi connectivity index (χ0n) is 8.37. The van der Waals surface area contributed by atoms with Crippen molar-refractivity contribution in [2.45, 2.75) is 0 Å². The molecule has 0 saturated carbocycles. The number of hydrogen-bond acceptors (Lipinski definition) is 8. The van der Waals surface area contributed by atoms with E-state index in [-0.39, 0.29) is 26.4 Å². The summed E-state index contributed by atoms with van der Waals surface area (Å²) in [6.45, 7) is -0.647. The second-order valence-corrected chi connectivity index (χ2v) is 4.21. The van der Waals surface area contributed by atoms with Crippen LogP contribution >= 0.6 is 0 Å². The van der Waals surface area contributed by atoms with E-state index in [1.807, 2.05) is 0 Å². The lowest BCUT2D eigenvalue weighted by molar-refractivity contribution is -0.0456. The van der Waals surface area contributed by atoms with E-state index in [1.54, 1.807) is 0 Å². The van der Waals surface area contributed by atoms with Gasteiger partial charge in [0.1, 0.15) is 0 Å². The first-order valence-electron chi connectivity index (χ1n) is 3.95. The Labute approximate surface area is 88.1 Å². The van der Waals surface area contributed by atoms with Crippen LogP contribution in [0, 0.1) is 5.41 Å². The summed E-state index contributed by atoms with van der Waals surface area (Å²) < 4.78 is 4.70. The van der Waals surface area contributed by atoms with E-state index in [4.69, 9.17) is 39.2 Å². The molecule has 0 aromatic rings. The first kappa shape index (κ1) is 17.3. The minimum atomic E-state index is -4.61. The van der Waals surface area contributed by atoms with Gasteiger partial charge in [-0.15, -0.1) is 0 Å². The van der Waals surface area contributed by atoms with Gasteiger partial charge >= 0.3 is 9.05 Å². The van der Waals surface area contributed by atoms with Crippen LogP contribution in [-0.2, 0) is 4.74 Å². The lowest BCUT2D eigenvalue weighted by Gasteiger charge is -2.25. The molecule has 0 amide bonds. The Hall–Kier alpha value is -0.103. The fraction of sp³-hybridized carbons (Fsp3) is 1.00. The third-order valence-electron chi connectivity index (χ3n) is 1.46. The van der Waals surface area contributed by atoms with Crippen molar-refractivity contribution in [3.63, 3.8) is 0 Å². The van der Waals surface area contributed by atoms with Gasteiger partial charge in [-0.2, -0.15) is 0 Å². The van der Waals surface area contributed by atoms with Crippen molar-refractivity contribution in [2.24, 2.45) is 5.41 Å². The minimum Gasteiger partial charge on any atom is -0.396 e. The van der Waals surface area contributed by atoms with Gasteiger partial charge in [-0.05, 0) is 0 Å². The maximum Gasteiger partial charge on any atom is 0.668 e. The second-order valence-electron chi connectivity index (χ2n) is 3.01. The predicted octanol–water partition coefficient (Wildman–Crippen LogP) is -4.01. The van der Waals surface area contributed by atoms with E-state index in [9.17, 15) is 0 Å². The van der Waals surface area contributed by atoms with Crippen molar-refractivity contribution in [2.75, 3.05) is 33.5 Å². The highest BCUT2D eigenvalue weighted by molar-refractivity contribution is 6.46. The van der Waals surface area contributed by atoms with Gasteiger partial charge < -0.3 is 39.2 Å². The molecule has 0 radical (unpaired) electrons. The first-order chi connectivity index (χ1) is 6.74. The molecule has 0 unspecified atom stereocenters. The van der Waals surface area contributed by atoms with E-state index in [1.165, 1.54) is 7.11 Å². The molecule has 0 spiro atoms. The maximum absolute atomic E-state index is 8.71. The Morgan fingerprint density at radius 2 is 1.20 bits per heavy atom. The Morgan fingerprint density at radius 3 is 1.27 bits per heavy atom. The van der Waals surface area contributed by atoms with Crippen molar-refractivity contribution in [1.29, 1.82) is 0 Å². The number of methoxy groups -OCH3 is 1. The Balaban J connectivity index is 0. The van der Waals surface area contributed by atoms with Gasteiger partial charge in [-0.3, -0.25) is 0 Å². The molecule has 0 rings (SSSR count). The second kappa shape index (κ2) is 8.10. The van der Waals surface area contributed by atoms with Gasteiger partial charge in [0.05, 0.1) is 31.8 Å². The van der Waals surface area contributed by atoms with E-state index in [2.05, 4.69) is 0 Å². The number of aliphatic hydroxyl groups excluding tert-OH is 3. The third kappa shape index (κ3) is 11.8. The summed E-state index contributed by atoms with van der Waals surface area (Å²) >= 11 is 0. The maximum atomic E-state index is 8.71. The van der Waals surface area contributed by atoms with Crippen LogP contribution in [0.3, 0.4) is 0 Å². The summed E-state index contributed by atoms with van der Waals surface area (Å²) in [4.78, 5) is 29.3. The van der Waals surface area contributed by atoms with Crippen LogP contribution in [0.4, 0.5) is 0 Å². The normalized spacial score (nSPS) is 12.0. The van der Waals surface area contributed by atoms with E-state index in [0.717, 1.165) is 0 Å². The Morgan fingerprint density at radius 1 is 0.933 bits per heavy atom. The van der Waals surface area contributed by atoms with Gasteiger partial charge in [0.15, 0.2) is 0 Å². The van der Waals surface area contributed by atoms with E-state index in [0.29, 0.717) is 0 Å². The summed E-state index contributed by atoms with van der Waals surface area (Å²) in [6.07, 6.45) is 0. The number of ether oxygens (including phenoxy) is 1. The summed E-state index contributed by atoms with van der Waals surface area (Å²) in [7, 11) is -3.16. The van der Waals surface area contributed by atoms with Crippen LogP contribution in [0.15, 0.2) is 0 Å². The lowest BCUT2D eigenvalue weighted by atomic mass is 9.93. The molecule has 0 atom stereocenters. The molecular weight excluding hydrogens is 228 g/mol. The first-order valence-corrected chi connectivity index (χ1v) is 5.74. The minimum absolute atomic E-state index is 0.163. The SMILES string of the molecule is COCC(CO)(CO)CO.O[Si](O)(O)O. The molecule has 0 bridgehead atoms. The molecule has 0 saturated heterocycles. The van der Waals surface area contributed by atoms with Crippen LogP contribution in [0.25, 0.3) is 0 Å². The fourth-order valence-electron chi connectivity index (χ4n) is 0.593. The summed E-state index contributed by atoms with van der Waals surface area (Å²) in [5, 5.41) is 26.1. The molecule has 15 heavy (non-hydrogen) atoms. The molecule has 8 nitrogen and oxygen atoms in total. The molecule has 0 aromatic carbocycles.